The van der Waals surface area contributed by atoms with Gasteiger partial charge in [0.25, 0.3) is 0 Å². The Bertz CT molecular complexity index is 634. The maximum atomic E-state index is 11.1. The number of benzene rings is 1. The van der Waals surface area contributed by atoms with Crippen molar-refractivity contribution in [1.82, 2.24) is 4.98 Å². The monoisotopic (exact) mass is 293 g/mol. The predicted molar refractivity (Wildman–Crippen MR) is 67.2 cm³/mol. The molecule has 0 saturated carbocycles. The van der Waals surface area contributed by atoms with Crippen LogP contribution in [0.4, 0.5) is 0 Å². The van der Waals surface area contributed by atoms with E-state index in [1.807, 2.05) is 6.07 Å². The number of halogens is 1. The standard InChI is InChI=1S/C12H8BrNO3/c13-8-3-1-2-7(4-8)10-6-14-11(15)5-9(10)12(16)17/h1-6H,(H,14,15)(H,16,17). The molecule has 0 aliphatic heterocycles. The summed E-state index contributed by atoms with van der Waals surface area (Å²) in [6.07, 6.45) is 1.41. The lowest BCUT2D eigenvalue weighted by molar-refractivity contribution is 0.0697. The highest BCUT2D eigenvalue weighted by molar-refractivity contribution is 9.10. The highest BCUT2D eigenvalue weighted by atomic mass is 79.9. The van der Waals surface area contributed by atoms with E-state index in [4.69, 9.17) is 5.11 Å². The van der Waals surface area contributed by atoms with Gasteiger partial charge in [-0.3, -0.25) is 4.79 Å². The minimum Gasteiger partial charge on any atom is -0.478 e. The minimum atomic E-state index is -1.12. The van der Waals surface area contributed by atoms with Gasteiger partial charge in [-0.1, -0.05) is 28.1 Å². The summed E-state index contributed by atoms with van der Waals surface area (Å²) < 4.78 is 0.845. The second-order valence-electron chi connectivity index (χ2n) is 3.44. The molecule has 0 bridgehead atoms. The van der Waals surface area contributed by atoms with Crippen molar-refractivity contribution < 1.29 is 9.90 Å². The molecule has 1 heterocycles. The number of carbonyl (C=O) groups is 1. The zero-order valence-electron chi connectivity index (χ0n) is 8.61. The Morgan fingerprint density at radius 3 is 2.71 bits per heavy atom. The van der Waals surface area contributed by atoms with Crippen molar-refractivity contribution in [3.8, 4) is 11.1 Å². The fraction of sp³-hybridized carbons (Fsp3) is 0. The SMILES string of the molecule is O=C(O)c1cc(=O)[nH]cc1-c1cccc(Br)c1. The normalized spacial score (nSPS) is 10.2. The fourth-order valence-corrected chi connectivity index (χ4v) is 1.94. The Morgan fingerprint density at radius 2 is 2.06 bits per heavy atom. The molecule has 2 N–H and O–H groups in total. The molecule has 0 radical (unpaired) electrons. The number of hydrogen-bond acceptors (Lipinski definition) is 2. The highest BCUT2D eigenvalue weighted by Crippen LogP contribution is 2.24. The van der Waals surface area contributed by atoms with Crippen LogP contribution in [0.1, 0.15) is 10.4 Å². The van der Waals surface area contributed by atoms with E-state index in [0.717, 1.165) is 16.1 Å². The maximum absolute atomic E-state index is 11.1. The average Bonchev–Trinajstić information content (AvgIpc) is 2.28. The van der Waals surface area contributed by atoms with E-state index in [2.05, 4.69) is 20.9 Å². The first-order valence-corrected chi connectivity index (χ1v) is 5.59. The summed E-state index contributed by atoms with van der Waals surface area (Å²) in [5, 5.41) is 9.06. The van der Waals surface area contributed by atoms with Crippen molar-refractivity contribution in [2.45, 2.75) is 0 Å². The first-order chi connectivity index (χ1) is 8.08. The molecule has 0 aliphatic rings. The Labute approximate surface area is 105 Å². The summed E-state index contributed by atoms with van der Waals surface area (Å²) >= 11 is 3.32. The van der Waals surface area contributed by atoms with Crippen LogP contribution < -0.4 is 5.56 Å². The molecule has 0 fully saturated rings. The molecule has 0 atom stereocenters. The summed E-state index contributed by atoms with van der Waals surface area (Å²) in [7, 11) is 0. The number of aromatic amines is 1. The number of carboxylic acid groups (broad SMARTS) is 1. The summed E-state index contributed by atoms with van der Waals surface area (Å²) in [5.41, 5.74) is 0.777. The number of H-pyrrole nitrogens is 1. The van der Waals surface area contributed by atoms with E-state index in [-0.39, 0.29) is 5.56 Å². The lowest BCUT2D eigenvalue weighted by Gasteiger charge is -2.05. The number of rotatable bonds is 2. The van der Waals surface area contributed by atoms with Crippen LogP contribution in [0.3, 0.4) is 0 Å². The van der Waals surface area contributed by atoms with Crippen LogP contribution in [0.2, 0.25) is 0 Å². The van der Waals surface area contributed by atoms with Gasteiger partial charge in [0, 0.05) is 22.3 Å². The van der Waals surface area contributed by atoms with Crippen LogP contribution in [0, 0.1) is 0 Å². The van der Waals surface area contributed by atoms with Gasteiger partial charge < -0.3 is 10.1 Å². The molecule has 0 aliphatic carbocycles. The van der Waals surface area contributed by atoms with E-state index >= 15 is 0 Å². The van der Waals surface area contributed by atoms with Gasteiger partial charge in [-0.15, -0.1) is 0 Å². The summed E-state index contributed by atoms with van der Waals surface area (Å²) in [4.78, 5) is 24.7. The third-order valence-electron chi connectivity index (χ3n) is 2.29. The maximum Gasteiger partial charge on any atom is 0.336 e. The number of carboxylic acids is 1. The van der Waals surface area contributed by atoms with Gasteiger partial charge in [0.05, 0.1) is 5.56 Å². The lowest BCUT2D eigenvalue weighted by Crippen LogP contribution is -2.10. The number of aromatic nitrogens is 1. The van der Waals surface area contributed by atoms with Crippen LogP contribution in [0.5, 0.6) is 0 Å². The first kappa shape index (κ1) is 11.6. The highest BCUT2D eigenvalue weighted by Gasteiger charge is 2.12. The van der Waals surface area contributed by atoms with Crippen molar-refractivity contribution in [3.63, 3.8) is 0 Å². The van der Waals surface area contributed by atoms with Crippen molar-refractivity contribution in [1.29, 1.82) is 0 Å². The number of pyridine rings is 1. The third-order valence-corrected chi connectivity index (χ3v) is 2.78. The van der Waals surface area contributed by atoms with Gasteiger partial charge in [-0.25, -0.2) is 4.79 Å². The summed E-state index contributed by atoms with van der Waals surface area (Å²) in [5.74, 6) is -1.12. The molecular weight excluding hydrogens is 286 g/mol. The molecule has 4 nitrogen and oxygen atoms in total. The van der Waals surface area contributed by atoms with Gasteiger partial charge in [0.15, 0.2) is 0 Å². The quantitative estimate of drug-likeness (QED) is 0.894. The first-order valence-electron chi connectivity index (χ1n) is 4.80. The van der Waals surface area contributed by atoms with Gasteiger partial charge >= 0.3 is 5.97 Å². The summed E-state index contributed by atoms with van der Waals surface area (Å²) in [6, 6.07) is 8.30. The average molecular weight is 294 g/mol. The van der Waals surface area contributed by atoms with E-state index in [1.54, 1.807) is 18.2 Å². The van der Waals surface area contributed by atoms with E-state index in [9.17, 15) is 9.59 Å². The molecule has 0 saturated heterocycles. The molecule has 0 spiro atoms. The molecule has 2 rings (SSSR count). The Hall–Kier alpha value is -1.88. The largest absolute Gasteiger partial charge is 0.478 e. The molecule has 1 aromatic carbocycles. The van der Waals surface area contributed by atoms with Crippen molar-refractivity contribution in [2.75, 3.05) is 0 Å². The molecular formula is C12H8BrNO3. The number of nitrogens with one attached hydrogen (secondary N) is 1. The summed E-state index contributed by atoms with van der Waals surface area (Å²) in [6.45, 7) is 0. The van der Waals surface area contributed by atoms with E-state index in [1.165, 1.54) is 6.20 Å². The van der Waals surface area contributed by atoms with Crippen LogP contribution in [0.25, 0.3) is 11.1 Å². The van der Waals surface area contributed by atoms with Crippen molar-refractivity contribution in [2.24, 2.45) is 0 Å². The molecule has 0 unspecified atom stereocenters. The van der Waals surface area contributed by atoms with Crippen LogP contribution in [-0.2, 0) is 0 Å². The lowest BCUT2D eigenvalue weighted by atomic mass is 10.0. The number of aromatic carboxylic acids is 1. The Morgan fingerprint density at radius 1 is 1.29 bits per heavy atom. The third kappa shape index (κ3) is 2.45. The second-order valence-corrected chi connectivity index (χ2v) is 4.36. The minimum absolute atomic E-state index is 0.00755. The molecule has 5 heteroatoms. The Kier molecular flexibility index (Phi) is 3.10. The van der Waals surface area contributed by atoms with Crippen molar-refractivity contribution in [3.05, 3.63) is 56.9 Å². The fourth-order valence-electron chi connectivity index (χ4n) is 1.54. The van der Waals surface area contributed by atoms with Crippen LogP contribution in [-0.4, -0.2) is 16.1 Å². The van der Waals surface area contributed by atoms with Gasteiger partial charge in [-0.05, 0) is 17.7 Å². The Balaban J connectivity index is 2.67. The van der Waals surface area contributed by atoms with Crippen molar-refractivity contribution >= 4 is 21.9 Å². The molecule has 0 amide bonds. The van der Waals surface area contributed by atoms with E-state index < -0.39 is 11.5 Å². The smallest absolute Gasteiger partial charge is 0.336 e. The zero-order chi connectivity index (χ0) is 12.4. The van der Waals surface area contributed by atoms with Crippen LogP contribution >= 0.6 is 15.9 Å². The number of hydrogen-bond donors (Lipinski definition) is 2. The molecule has 17 heavy (non-hydrogen) atoms. The molecule has 2 aromatic rings. The predicted octanol–water partition coefficient (Wildman–Crippen LogP) is 2.50. The second kappa shape index (κ2) is 4.55. The van der Waals surface area contributed by atoms with Gasteiger partial charge in [0.1, 0.15) is 0 Å². The van der Waals surface area contributed by atoms with E-state index in [0.29, 0.717) is 5.56 Å². The zero-order valence-corrected chi connectivity index (χ0v) is 10.2. The molecule has 1 aromatic heterocycles. The topological polar surface area (TPSA) is 70.2 Å². The van der Waals surface area contributed by atoms with Crippen LogP contribution in [0.15, 0.2) is 45.8 Å². The van der Waals surface area contributed by atoms with Gasteiger partial charge in [0.2, 0.25) is 5.56 Å². The van der Waals surface area contributed by atoms with Gasteiger partial charge in [-0.2, -0.15) is 0 Å². The molecule has 86 valence electrons.